The summed E-state index contributed by atoms with van der Waals surface area (Å²) in [6, 6.07) is -0.446. The van der Waals surface area contributed by atoms with Crippen LogP contribution in [0.4, 0.5) is 0 Å². The fourth-order valence-electron chi connectivity index (χ4n) is 2.98. The quantitative estimate of drug-likeness (QED) is 0.837. The molecule has 1 aromatic heterocycles. The van der Waals surface area contributed by atoms with E-state index >= 15 is 0 Å². The van der Waals surface area contributed by atoms with E-state index in [0.29, 0.717) is 5.92 Å². The second-order valence-corrected chi connectivity index (χ2v) is 6.98. The smallest absolute Gasteiger partial charge is 0.272 e. The predicted octanol–water partition coefficient (Wildman–Crippen LogP) is 2.32. The van der Waals surface area contributed by atoms with Gasteiger partial charge in [-0.2, -0.15) is 0 Å². The van der Waals surface area contributed by atoms with Crippen LogP contribution in [0.25, 0.3) is 0 Å². The highest BCUT2D eigenvalue weighted by molar-refractivity contribution is 5.96. The number of carbonyl (C=O) groups excluding carboxylic acids is 2. The first-order valence-electron chi connectivity index (χ1n) is 8.86. The van der Waals surface area contributed by atoms with Gasteiger partial charge in [-0.3, -0.25) is 14.6 Å². The molecular formula is C18H28N4O2. The van der Waals surface area contributed by atoms with E-state index in [4.69, 9.17) is 0 Å². The second kappa shape index (κ2) is 8.76. The molecule has 2 amide bonds. The van der Waals surface area contributed by atoms with E-state index in [2.05, 4.69) is 34.4 Å². The van der Waals surface area contributed by atoms with Crippen molar-refractivity contribution >= 4 is 11.8 Å². The van der Waals surface area contributed by atoms with Crippen molar-refractivity contribution in [2.45, 2.75) is 65.0 Å². The van der Waals surface area contributed by atoms with Crippen LogP contribution in [0.3, 0.4) is 0 Å². The molecule has 2 N–H and O–H groups in total. The summed E-state index contributed by atoms with van der Waals surface area (Å²) in [7, 11) is 0. The van der Waals surface area contributed by atoms with Crippen molar-refractivity contribution in [3.05, 3.63) is 24.3 Å². The Bertz CT molecular complexity index is 541. The lowest BCUT2D eigenvalue weighted by Gasteiger charge is -2.31. The summed E-state index contributed by atoms with van der Waals surface area (Å²) in [5, 5.41) is 5.94. The van der Waals surface area contributed by atoms with Crippen molar-refractivity contribution < 1.29 is 9.59 Å². The summed E-state index contributed by atoms with van der Waals surface area (Å²) in [6.45, 7) is 6.13. The fourth-order valence-corrected chi connectivity index (χ4v) is 2.98. The Kier molecular flexibility index (Phi) is 6.70. The van der Waals surface area contributed by atoms with Gasteiger partial charge in [0.2, 0.25) is 5.91 Å². The van der Waals surface area contributed by atoms with E-state index in [0.717, 1.165) is 25.7 Å². The molecule has 6 nitrogen and oxygen atoms in total. The van der Waals surface area contributed by atoms with Gasteiger partial charge < -0.3 is 10.6 Å². The van der Waals surface area contributed by atoms with E-state index < -0.39 is 6.04 Å². The predicted molar refractivity (Wildman–Crippen MR) is 92.3 cm³/mol. The number of rotatable bonds is 6. The van der Waals surface area contributed by atoms with E-state index in [-0.39, 0.29) is 29.5 Å². The van der Waals surface area contributed by atoms with E-state index in [1.807, 2.05) is 6.92 Å². The molecule has 132 valence electrons. The van der Waals surface area contributed by atoms with Crippen LogP contribution in [0.2, 0.25) is 0 Å². The van der Waals surface area contributed by atoms with Gasteiger partial charge in [-0.1, -0.05) is 33.1 Å². The molecule has 0 spiro atoms. The molecule has 0 bridgehead atoms. The zero-order chi connectivity index (χ0) is 17.5. The molecule has 6 heteroatoms. The second-order valence-electron chi connectivity index (χ2n) is 6.98. The number of hydrogen-bond donors (Lipinski definition) is 2. The number of amides is 2. The number of hydrogen-bond acceptors (Lipinski definition) is 4. The van der Waals surface area contributed by atoms with Crippen molar-refractivity contribution in [3.63, 3.8) is 0 Å². The molecule has 0 aromatic carbocycles. The topological polar surface area (TPSA) is 84.0 Å². The molecule has 0 radical (unpaired) electrons. The van der Waals surface area contributed by atoms with Crippen molar-refractivity contribution in [3.8, 4) is 0 Å². The van der Waals surface area contributed by atoms with Crippen LogP contribution < -0.4 is 10.6 Å². The summed E-state index contributed by atoms with van der Waals surface area (Å²) in [4.78, 5) is 33.1. The third-order valence-electron chi connectivity index (χ3n) is 4.86. The number of nitrogens with one attached hydrogen (secondary N) is 2. The first-order chi connectivity index (χ1) is 11.5. The fraction of sp³-hybridized carbons (Fsp3) is 0.667. The van der Waals surface area contributed by atoms with Crippen molar-refractivity contribution in [1.82, 2.24) is 20.6 Å². The van der Waals surface area contributed by atoms with Crippen LogP contribution in [0, 0.1) is 11.8 Å². The van der Waals surface area contributed by atoms with Gasteiger partial charge in [-0.25, -0.2) is 4.98 Å². The number of nitrogens with zero attached hydrogens (tertiary/aromatic N) is 2. The molecule has 1 saturated carbocycles. The molecule has 24 heavy (non-hydrogen) atoms. The van der Waals surface area contributed by atoms with Gasteiger partial charge in [0, 0.05) is 18.4 Å². The SMILES string of the molecule is CC(C)C(C)NC(=O)[C@@H](NC(=O)c1cnccn1)C1CCCCC1. The van der Waals surface area contributed by atoms with Gasteiger partial charge in [-0.15, -0.1) is 0 Å². The normalized spacial score (nSPS) is 18.0. The average molecular weight is 332 g/mol. The molecule has 2 rings (SSSR count). The third kappa shape index (κ3) is 5.01. The summed E-state index contributed by atoms with van der Waals surface area (Å²) >= 11 is 0. The highest BCUT2D eigenvalue weighted by Crippen LogP contribution is 2.27. The summed E-state index contributed by atoms with van der Waals surface area (Å²) < 4.78 is 0. The number of aromatic nitrogens is 2. The Labute approximate surface area is 143 Å². The largest absolute Gasteiger partial charge is 0.352 e. The van der Waals surface area contributed by atoms with E-state index in [1.165, 1.54) is 25.0 Å². The Hall–Kier alpha value is -1.98. The maximum Gasteiger partial charge on any atom is 0.272 e. The lowest BCUT2D eigenvalue weighted by molar-refractivity contribution is -0.125. The Morgan fingerprint density at radius 1 is 1.08 bits per heavy atom. The van der Waals surface area contributed by atoms with Crippen molar-refractivity contribution in [1.29, 1.82) is 0 Å². The molecule has 1 aliphatic carbocycles. The van der Waals surface area contributed by atoms with Crippen molar-refractivity contribution in [2.75, 3.05) is 0 Å². The first kappa shape index (κ1) is 18.4. The highest BCUT2D eigenvalue weighted by Gasteiger charge is 2.32. The van der Waals surface area contributed by atoms with E-state index in [9.17, 15) is 9.59 Å². The minimum absolute atomic E-state index is 0.0667. The standard InChI is InChI=1S/C18H28N4O2/c1-12(2)13(3)21-18(24)16(14-7-5-4-6-8-14)22-17(23)15-11-19-9-10-20-15/h9-14,16H,4-8H2,1-3H3,(H,21,24)(H,22,23)/t13?,16-/m0/s1. The van der Waals surface area contributed by atoms with Gasteiger partial charge in [0.25, 0.3) is 5.91 Å². The van der Waals surface area contributed by atoms with E-state index in [1.54, 1.807) is 0 Å². The van der Waals surface area contributed by atoms with Crippen LogP contribution >= 0.6 is 0 Å². The van der Waals surface area contributed by atoms with Gasteiger partial charge in [0.1, 0.15) is 11.7 Å². The maximum absolute atomic E-state index is 12.8. The van der Waals surface area contributed by atoms with Crippen LogP contribution in [0.5, 0.6) is 0 Å². The summed E-state index contributed by atoms with van der Waals surface area (Å²) in [5.41, 5.74) is 0.239. The van der Waals surface area contributed by atoms with Crippen LogP contribution in [-0.4, -0.2) is 33.9 Å². The molecule has 0 saturated heterocycles. The zero-order valence-corrected chi connectivity index (χ0v) is 14.8. The molecule has 1 fully saturated rings. The molecule has 1 aliphatic rings. The average Bonchev–Trinajstić information content (AvgIpc) is 2.60. The Morgan fingerprint density at radius 3 is 2.38 bits per heavy atom. The summed E-state index contributed by atoms with van der Waals surface area (Å²) in [5.74, 6) is 0.0849. The highest BCUT2D eigenvalue weighted by atomic mass is 16.2. The molecule has 1 unspecified atom stereocenters. The van der Waals surface area contributed by atoms with Gasteiger partial charge in [0.05, 0.1) is 6.20 Å². The molecular weight excluding hydrogens is 304 g/mol. The zero-order valence-electron chi connectivity index (χ0n) is 14.8. The Balaban J connectivity index is 2.10. The van der Waals surface area contributed by atoms with Crippen LogP contribution in [0.15, 0.2) is 18.6 Å². The monoisotopic (exact) mass is 332 g/mol. The number of carbonyl (C=O) groups is 2. The lowest BCUT2D eigenvalue weighted by atomic mass is 9.83. The maximum atomic E-state index is 12.8. The van der Waals surface area contributed by atoms with Gasteiger partial charge >= 0.3 is 0 Å². The van der Waals surface area contributed by atoms with Crippen molar-refractivity contribution in [2.24, 2.45) is 11.8 Å². The molecule has 2 atom stereocenters. The lowest BCUT2D eigenvalue weighted by Crippen LogP contribution is -2.53. The minimum atomic E-state index is -0.513. The third-order valence-corrected chi connectivity index (χ3v) is 4.86. The molecule has 1 aromatic rings. The Morgan fingerprint density at radius 2 is 1.79 bits per heavy atom. The summed E-state index contributed by atoms with van der Waals surface area (Å²) in [6.07, 6.45) is 9.76. The molecule has 0 aliphatic heterocycles. The minimum Gasteiger partial charge on any atom is -0.352 e. The molecule has 1 heterocycles. The first-order valence-corrected chi connectivity index (χ1v) is 8.86. The van der Waals surface area contributed by atoms with Crippen LogP contribution in [0.1, 0.15) is 63.4 Å². The van der Waals surface area contributed by atoms with Crippen LogP contribution in [-0.2, 0) is 4.79 Å². The van der Waals surface area contributed by atoms with Gasteiger partial charge in [0.15, 0.2) is 0 Å². The van der Waals surface area contributed by atoms with Gasteiger partial charge in [-0.05, 0) is 31.6 Å².